The molecule has 0 bridgehead atoms. The van der Waals surface area contributed by atoms with Crippen molar-refractivity contribution < 1.29 is 14.3 Å². The molecule has 1 saturated carbocycles. The molecule has 2 aliphatic rings. The molecule has 1 fully saturated rings. The van der Waals surface area contributed by atoms with Crippen LogP contribution in [-0.4, -0.2) is 25.7 Å². The van der Waals surface area contributed by atoms with Gasteiger partial charge in [0, 0.05) is 17.5 Å². The maximum absolute atomic E-state index is 12.7. The molecule has 1 heterocycles. The lowest BCUT2D eigenvalue weighted by molar-refractivity contribution is 0.0942. The standard InChI is InChI=1S/C22H25NO3/c1-16-6-2-3-7-18(16)21(24)23-15-22(10-4-5-11-22)17-8-9-19-20(14-17)26-13-12-25-19/h2-3,6-9,14H,4-5,10-13,15H2,1H3,(H,23,24). The van der Waals surface area contributed by atoms with Crippen molar-refractivity contribution in [1.82, 2.24) is 5.32 Å². The van der Waals surface area contributed by atoms with E-state index in [4.69, 9.17) is 9.47 Å². The molecular formula is C22H25NO3. The molecule has 1 N–H and O–H groups in total. The number of fused-ring (bicyclic) bond motifs is 1. The molecule has 0 saturated heterocycles. The summed E-state index contributed by atoms with van der Waals surface area (Å²) in [4.78, 5) is 12.7. The second-order valence-electron chi connectivity index (χ2n) is 7.34. The Labute approximate surface area is 154 Å². The molecule has 0 spiro atoms. The van der Waals surface area contributed by atoms with Crippen LogP contribution in [0.4, 0.5) is 0 Å². The second kappa shape index (κ2) is 7.02. The molecule has 0 radical (unpaired) electrons. The monoisotopic (exact) mass is 351 g/mol. The first-order valence-corrected chi connectivity index (χ1v) is 9.42. The Morgan fingerprint density at radius 1 is 1.04 bits per heavy atom. The highest BCUT2D eigenvalue weighted by Crippen LogP contribution is 2.43. The number of rotatable bonds is 4. The molecule has 2 aromatic rings. The topological polar surface area (TPSA) is 47.6 Å². The van der Waals surface area contributed by atoms with Crippen LogP contribution in [0.25, 0.3) is 0 Å². The van der Waals surface area contributed by atoms with E-state index in [2.05, 4.69) is 17.4 Å². The number of ether oxygens (including phenoxy) is 2. The maximum Gasteiger partial charge on any atom is 0.251 e. The average Bonchev–Trinajstić information content (AvgIpc) is 3.16. The van der Waals surface area contributed by atoms with Crippen molar-refractivity contribution in [3.8, 4) is 11.5 Å². The minimum absolute atomic E-state index is 0.00641. The van der Waals surface area contributed by atoms with E-state index in [1.165, 1.54) is 18.4 Å². The van der Waals surface area contributed by atoms with Crippen molar-refractivity contribution in [3.63, 3.8) is 0 Å². The molecule has 26 heavy (non-hydrogen) atoms. The molecule has 136 valence electrons. The van der Waals surface area contributed by atoms with E-state index in [0.29, 0.717) is 19.8 Å². The van der Waals surface area contributed by atoms with E-state index in [0.717, 1.165) is 35.5 Å². The number of hydrogen-bond donors (Lipinski definition) is 1. The van der Waals surface area contributed by atoms with Crippen LogP contribution < -0.4 is 14.8 Å². The number of hydrogen-bond acceptors (Lipinski definition) is 3. The Hall–Kier alpha value is -2.49. The predicted molar refractivity (Wildman–Crippen MR) is 101 cm³/mol. The van der Waals surface area contributed by atoms with Crippen LogP contribution >= 0.6 is 0 Å². The predicted octanol–water partition coefficient (Wildman–Crippen LogP) is 4.01. The first-order chi connectivity index (χ1) is 12.7. The van der Waals surface area contributed by atoms with Crippen molar-refractivity contribution in [3.05, 3.63) is 59.2 Å². The summed E-state index contributed by atoms with van der Waals surface area (Å²) in [6.07, 6.45) is 4.55. The lowest BCUT2D eigenvalue weighted by atomic mass is 9.78. The van der Waals surface area contributed by atoms with Gasteiger partial charge in [0.2, 0.25) is 0 Å². The Balaban J connectivity index is 1.55. The Morgan fingerprint density at radius 3 is 2.54 bits per heavy atom. The molecule has 0 unspecified atom stereocenters. The Morgan fingerprint density at radius 2 is 1.77 bits per heavy atom. The fourth-order valence-electron chi connectivity index (χ4n) is 4.16. The fraction of sp³-hybridized carbons (Fsp3) is 0.409. The van der Waals surface area contributed by atoms with E-state index in [9.17, 15) is 4.79 Å². The summed E-state index contributed by atoms with van der Waals surface area (Å²) in [5, 5.41) is 3.19. The van der Waals surface area contributed by atoms with Gasteiger partial charge in [-0.3, -0.25) is 4.79 Å². The van der Waals surface area contributed by atoms with Crippen LogP contribution in [0.15, 0.2) is 42.5 Å². The number of amides is 1. The average molecular weight is 351 g/mol. The van der Waals surface area contributed by atoms with E-state index in [-0.39, 0.29) is 11.3 Å². The molecule has 1 aliphatic heterocycles. The van der Waals surface area contributed by atoms with Crippen LogP contribution in [0, 0.1) is 6.92 Å². The third-order valence-corrected chi connectivity index (χ3v) is 5.69. The number of aryl methyl sites for hydroxylation is 1. The van der Waals surface area contributed by atoms with Gasteiger partial charge in [-0.2, -0.15) is 0 Å². The van der Waals surface area contributed by atoms with Crippen molar-refractivity contribution in [1.29, 1.82) is 0 Å². The molecule has 0 aromatic heterocycles. The lowest BCUT2D eigenvalue weighted by Gasteiger charge is -2.31. The van der Waals surface area contributed by atoms with Crippen LogP contribution in [-0.2, 0) is 5.41 Å². The van der Waals surface area contributed by atoms with Crippen molar-refractivity contribution in [2.45, 2.75) is 38.0 Å². The largest absolute Gasteiger partial charge is 0.486 e. The van der Waals surface area contributed by atoms with E-state index >= 15 is 0 Å². The second-order valence-corrected chi connectivity index (χ2v) is 7.34. The van der Waals surface area contributed by atoms with E-state index in [1.807, 2.05) is 37.3 Å². The zero-order valence-corrected chi connectivity index (χ0v) is 15.2. The van der Waals surface area contributed by atoms with Crippen molar-refractivity contribution >= 4 is 5.91 Å². The zero-order chi connectivity index (χ0) is 18.0. The Bertz CT molecular complexity index is 809. The Kier molecular flexibility index (Phi) is 4.58. The number of carbonyl (C=O) groups is 1. The smallest absolute Gasteiger partial charge is 0.251 e. The summed E-state index contributed by atoms with van der Waals surface area (Å²) in [7, 11) is 0. The summed E-state index contributed by atoms with van der Waals surface area (Å²) in [6, 6.07) is 14.0. The fourth-order valence-corrected chi connectivity index (χ4v) is 4.16. The molecule has 4 nitrogen and oxygen atoms in total. The van der Waals surface area contributed by atoms with Gasteiger partial charge in [0.05, 0.1) is 0 Å². The summed E-state index contributed by atoms with van der Waals surface area (Å²) in [5.74, 6) is 1.65. The summed E-state index contributed by atoms with van der Waals surface area (Å²) in [5.41, 5.74) is 2.98. The summed E-state index contributed by atoms with van der Waals surface area (Å²) >= 11 is 0. The zero-order valence-electron chi connectivity index (χ0n) is 15.2. The van der Waals surface area contributed by atoms with Gasteiger partial charge >= 0.3 is 0 Å². The highest BCUT2D eigenvalue weighted by atomic mass is 16.6. The lowest BCUT2D eigenvalue weighted by Crippen LogP contribution is -2.39. The van der Waals surface area contributed by atoms with Crippen LogP contribution in [0.5, 0.6) is 11.5 Å². The van der Waals surface area contributed by atoms with Crippen LogP contribution in [0.1, 0.15) is 47.2 Å². The van der Waals surface area contributed by atoms with Gasteiger partial charge in [-0.05, 0) is 49.1 Å². The summed E-state index contributed by atoms with van der Waals surface area (Å²) < 4.78 is 11.4. The van der Waals surface area contributed by atoms with Crippen LogP contribution in [0.3, 0.4) is 0 Å². The highest BCUT2D eigenvalue weighted by molar-refractivity contribution is 5.95. The molecular weight excluding hydrogens is 326 g/mol. The van der Waals surface area contributed by atoms with Crippen LogP contribution in [0.2, 0.25) is 0 Å². The van der Waals surface area contributed by atoms with E-state index < -0.39 is 0 Å². The molecule has 1 amide bonds. The van der Waals surface area contributed by atoms with Gasteiger partial charge in [-0.15, -0.1) is 0 Å². The van der Waals surface area contributed by atoms with E-state index in [1.54, 1.807) is 0 Å². The third kappa shape index (κ3) is 3.16. The molecule has 4 heteroatoms. The normalized spacial score (nSPS) is 17.7. The van der Waals surface area contributed by atoms with Crippen molar-refractivity contribution in [2.75, 3.05) is 19.8 Å². The van der Waals surface area contributed by atoms with Crippen molar-refractivity contribution in [2.24, 2.45) is 0 Å². The van der Waals surface area contributed by atoms with Gasteiger partial charge in [0.15, 0.2) is 11.5 Å². The minimum Gasteiger partial charge on any atom is -0.486 e. The quantitative estimate of drug-likeness (QED) is 0.905. The van der Waals surface area contributed by atoms with Gasteiger partial charge in [-0.25, -0.2) is 0 Å². The van der Waals surface area contributed by atoms with Gasteiger partial charge in [0.1, 0.15) is 13.2 Å². The molecule has 0 atom stereocenters. The molecule has 1 aliphatic carbocycles. The van der Waals surface area contributed by atoms with Gasteiger partial charge in [0.25, 0.3) is 5.91 Å². The maximum atomic E-state index is 12.7. The molecule has 4 rings (SSSR count). The number of nitrogens with one attached hydrogen (secondary N) is 1. The minimum atomic E-state index is -0.0197. The molecule has 2 aromatic carbocycles. The highest BCUT2D eigenvalue weighted by Gasteiger charge is 2.37. The third-order valence-electron chi connectivity index (χ3n) is 5.69. The number of carbonyl (C=O) groups excluding carboxylic acids is 1. The first-order valence-electron chi connectivity index (χ1n) is 9.42. The number of benzene rings is 2. The van der Waals surface area contributed by atoms with Gasteiger partial charge in [-0.1, -0.05) is 37.1 Å². The summed E-state index contributed by atoms with van der Waals surface area (Å²) in [6.45, 7) is 3.82. The first kappa shape index (κ1) is 17.0. The van der Waals surface area contributed by atoms with Gasteiger partial charge < -0.3 is 14.8 Å². The SMILES string of the molecule is Cc1ccccc1C(=O)NCC1(c2ccc3c(c2)OCCO3)CCCC1.